The first-order valence-electron chi connectivity index (χ1n) is 7.17. The van der Waals surface area contributed by atoms with Gasteiger partial charge in [0.15, 0.2) is 0 Å². The van der Waals surface area contributed by atoms with Crippen molar-refractivity contribution in [1.29, 1.82) is 0 Å². The minimum absolute atomic E-state index is 0.189. The van der Waals surface area contributed by atoms with Gasteiger partial charge in [0.1, 0.15) is 5.75 Å². The fraction of sp³-hybridized carbons (Fsp3) is 0.333. The van der Waals surface area contributed by atoms with Crippen LogP contribution in [0.15, 0.2) is 42.5 Å². The normalized spacial score (nSPS) is 13.8. The summed E-state index contributed by atoms with van der Waals surface area (Å²) in [5.74, 6) is 0.916. The molecular formula is C18H22ClNO. The predicted octanol–water partition coefficient (Wildman–Crippen LogP) is 5.07. The van der Waals surface area contributed by atoms with Crippen LogP contribution in [0.5, 0.6) is 5.75 Å². The minimum Gasteiger partial charge on any atom is -0.496 e. The molecule has 3 heteroatoms. The Morgan fingerprint density at radius 1 is 1.05 bits per heavy atom. The molecule has 0 radical (unpaired) electrons. The molecule has 2 aromatic carbocycles. The maximum absolute atomic E-state index is 6.06. The van der Waals surface area contributed by atoms with Crippen molar-refractivity contribution in [2.24, 2.45) is 0 Å². The standard InChI is InChI=1S/C18H22ClNO/c1-12-8-9-18(21-4)17(10-12)14(3)20-13(2)15-6-5-7-16(19)11-15/h5-11,13-14,20H,1-4H3/t13-,14?/m0/s1. The maximum atomic E-state index is 6.06. The lowest BCUT2D eigenvalue weighted by Gasteiger charge is -2.23. The van der Waals surface area contributed by atoms with E-state index in [-0.39, 0.29) is 12.1 Å². The Kier molecular flexibility index (Phi) is 5.27. The van der Waals surface area contributed by atoms with Crippen molar-refractivity contribution in [3.63, 3.8) is 0 Å². The van der Waals surface area contributed by atoms with Crippen LogP contribution < -0.4 is 10.1 Å². The zero-order valence-corrected chi connectivity index (χ0v) is 13.7. The van der Waals surface area contributed by atoms with Crippen molar-refractivity contribution in [2.75, 3.05) is 7.11 Å². The van der Waals surface area contributed by atoms with Gasteiger partial charge in [-0.15, -0.1) is 0 Å². The van der Waals surface area contributed by atoms with Gasteiger partial charge in [-0.2, -0.15) is 0 Å². The van der Waals surface area contributed by atoms with Gasteiger partial charge in [-0.3, -0.25) is 0 Å². The van der Waals surface area contributed by atoms with Crippen LogP contribution in [0.4, 0.5) is 0 Å². The van der Waals surface area contributed by atoms with E-state index in [9.17, 15) is 0 Å². The SMILES string of the molecule is COc1ccc(C)cc1C(C)N[C@@H](C)c1cccc(Cl)c1. The second kappa shape index (κ2) is 6.97. The molecule has 0 amide bonds. The lowest BCUT2D eigenvalue weighted by molar-refractivity contribution is 0.396. The molecule has 0 saturated carbocycles. The van der Waals surface area contributed by atoms with Gasteiger partial charge < -0.3 is 10.1 Å². The number of benzene rings is 2. The van der Waals surface area contributed by atoms with Crippen molar-refractivity contribution in [3.05, 3.63) is 64.2 Å². The third kappa shape index (κ3) is 3.99. The highest BCUT2D eigenvalue weighted by molar-refractivity contribution is 6.30. The summed E-state index contributed by atoms with van der Waals surface area (Å²) in [6.45, 7) is 6.39. The number of ether oxygens (including phenoxy) is 1. The fourth-order valence-electron chi connectivity index (χ4n) is 2.53. The van der Waals surface area contributed by atoms with Gasteiger partial charge in [0.05, 0.1) is 7.11 Å². The molecule has 0 fully saturated rings. The van der Waals surface area contributed by atoms with E-state index in [1.54, 1.807) is 7.11 Å². The Labute approximate surface area is 132 Å². The average molecular weight is 304 g/mol. The molecular weight excluding hydrogens is 282 g/mol. The molecule has 2 nitrogen and oxygen atoms in total. The van der Waals surface area contributed by atoms with E-state index in [0.717, 1.165) is 10.8 Å². The Morgan fingerprint density at radius 2 is 1.81 bits per heavy atom. The van der Waals surface area contributed by atoms with E-state index in [1.165, 1.54) is 16.7 Å². The summed E-state index contributed by atoms with van der Waals surface area (Å²) in [6.07, 6.45) is 0. The van der Waals surface area contributed by atoms with Crippen molar-refractivity contribution < 1.29 is 4.74 Å². The highest BCUT2D eigenvalue weighted by Gasteiger charge is 2.15. The van der Waals surface area contributed by atoms with Gasteiger partial charge >= 0.3 is 0 Å². The molecule has 1 N–H and O–H groups in total. The first kappa shape index (κ1) is 15.9. The van der Waals surface area contributed by atoms with E-state index in [1.807, 2.05) is 24.3 Å². The summed E-state index contributed by atoms with van der Waals surface area (Å²) in [7, 11) is 1.71. The second-order valence-electron chi connectivity index (χ2n) is 5.41. The van der Waals surface area contributed by atoms with Gasteiger partial charge in [0, 0.05) is 22.7 Å². The molecule has 0 spiro atoms. The van der Waals surface area contributed by atoms with Crippen LogP contribution in [0.2, 0.25) is 5.02 Å². The molecule has 2 atom stereocenters. The number of aryl methyl sites for hydroxylation is 1. The minimum atomic E-state index is 0.189. The zero-order valence-electron chi connectivity index (χ0n) is 13.0. The number of methoxy groups -OCH3 is 1. The first-order chi connectivity index (χ1) is 10.0. The van der Waals surface area contributed by atoms with Crippen molar-refractivity contribution in [3.8, 4) is 5.75 Å². The summed E-state index contributed by atoms with van der Waals surface area (Å²) >= 11 is 6.06. The molecule has 0 bridgehead atoms. The molecule has 0 aromatic heterocycles. The molecule has 0 aliphatic carbocycles. The number of halogens is 1. The van der Waals surface area contributed by atoms with Crippen LogP contribution in [0.1, 0.15) is 42.6 Å². The Hall–Kier alpha value is -1.51. The zero-order chi connectivity index (χ0) is 15.4. The van der Waals surface area contributed by atoms with Crippen molar-refractivity contribution >= 4 is 11.6 Å². The van der Waals surface area contributed by atoms with Crippen LogP contribution in [0.3, 0.4) is 0 Å². The Bertz CT molecular complexity index is 612. The summed E-state index contributed by atoms with van der Waals surface area (Å²) in [5.41, 5.74) is 3.59. The van der Waals surface area contributed by atoms with Crippen LogP contribution in [-0.4, -0.2) is 7.11 Å². The molecule has 0 aliphatic heterocycles. The largest absolute Gasteiger partial charge is 0.496 e. The molecule has 21 heavy (non-hydrogen) atoms. The fourth-order valence-corrected chi connectivity index (χ4v) is 2.73. The van der Waals surface area contributed by atoms with E-state index < -0.39 is 0 Å². The molecule has 0 saturated heterocycles. The maximum Gasteiger partial charge on any atom is 0.123 e. The number of hydrogen-bond donors (Lipinski definition) is 1. The highest BCUT2D eigenvalue weighted by Crippen LogP contribution is 2.28. The molecule has 2 aromatic rings. The molecule has 0 aliphatic rings. The van der Waals surface area contributed by atoms with Gasteiger partial charge in [0.2, 0.25) is 0 Å². The molecule has 112 valence electrons. The third-order valence-corrected chi connectivity index (χ3v) is 3.94. The van der Waals surface area contributed by atoms with Crippen molar-refractivity contribution in [2.45, 2.75) is 32.9 Å². The lowest BCUT2D eigenvalue weighted by Crippen LogP contribution is -2.23. The predicted molar refractivity (Wildman–Crippen MR) is 89.1 cm³/mol. The summed E-state index contributed by atoms with van der Waals surface area (Å²) in [5, 5.41) is 4.37. The molecule has 0 heterocycles. The Balaban J connectivity index is 2.17. The summed E-state index contributed by atoms with van der Waals surface area (Å²) in [6, 6.07) is 14.6. The van der Waals surface area contributed by atoms with Crippen LogP contribution >= 0.6 is 11.6 Å². The van der Waals surface area contributed by atoms with Gasteiger partial charge in [-0.1, -0.05) is 41.4 Å². The van der Waals surface area contributed by atoms with E-state index in [0.29, 0.717) is 0 Å². The molecule has 1 unspecified atom stereocenters. The summed E-state index contributed by atoms with van der Waals surface area (Å²) < 4.78 is 5.47. The van der Waals surface area contributed by atoms with E-state index in [4.69, 9.17) is 16.3 Å². The van der Waals surface area contributed by atoms with Crippen LogP contribution in [-0.2, 0) is 0 Å². The highest BCUT2D eigenvalue weighted by atomic mass is 35.5. The van der Waals surface area contributed by atoms with Crippen LogP contribution in [0.25, 0.3) is 0 Å². The number of rotatable bonds is 5. The first-order valence-corrected chi connectivity index (χ1v) is 7.55. The quantitative estimate of drug-likeness (QED) is 0.832. The summed E-state index contributed by atoms with van der Waals surface area (Å²) in [4.78, 5) is 0. The monoisotopic (exact) mass is 303 g/mol. The van der Waals surface area contributed by atoms with Crippen molar-refractivity contribution in [1.82, 2.24) is 5.32 Å². The smallest absolute Gasteiger partial charge is 0.123 e. The number of nitrogens with one attached hydrogen (secondary N) is 1. The number of hydrogen-bond acceptors (Lipinski definition) is 2. The van der Waals surface area contributed by atoms with Gasteiger partial charge in [-0.05, 0) is 44.5 Å². The van der Waals surface area contributed by atoms with E-state index in [2.05, 4.69) is 44.3 Å². The Morgan fingerprint density at radius 3 is 2.48 bits per heavy atom. The van der Waals surface area contributed by atoms with Gasteiger partial charge in [-0.25, -0.2) is 0 Å². The average Bonchev–Trinajstić information content (AvgIpc) is 2.47. The van der Waals surface area contributed by atoms with Gasteiger partial charge in [0.25, 0.3) is 0 Å². The second-order valence-corrected chi connectivity index (χ2v) is 5.85. The lowest BCUT2D eigenvalue weighted by atomic mass is 10.0. The van der Waals surface area contributed by atoms with Crippen LogP contribution in [0, 0.1) is 6.92 Å². The molecule has 2 rings (SSSR count). The van der Waals surface area contributed by atoms with E-state index >= 15 is 0 Å². The topological polar surface area (TPSA) is 21.3 Å². The third-order valence-electron chi connectivity index (χ3n) is 3.70.